The third kappa shape index (κ3) is 4.34. The van der Waals surface area contributed by atoms with E-state index >= 15 is 0 Å². The first-order valence-electron chi connectivity index (χ1n) is 14.2. The van der Waals surface area contributed by atoms with E-state index in [2.05, 4.69) is 53.4 Å². The second kappa shape index (κ2) is 10.1. The van der Waals surface area contributed by atoms with Crippen molar-refractivity contribution in [1.82, 2.24) is 9.80 Å². The van der Waals surface area contributed by atoms with Crippen molar-refractivity contribution in [3.63, 3.8) is 0 Å². The fourth-order valence-electron chi connectivity index (χ4n) is 6.86. The third-order valence-electron chi connectivity index (χ3n) is 8.82. The highest BCUT2D eigenvalue weighted by molar-refractivity contribution is 7.99. The molecule has 4 aliphatic rings. The highest BCUT2D eigenvalue weighted by Gasteiger charge is 2.40. The predicted octanol–water partition coefficient (Wildman–Crippen LogP) is 6.99. The zero-order valence-corrected chi connectivity index (χ0v) is 23.4. The van der Waals surface area contributed by atoms with E-state index in [0.717, 1.165) is 49.5 Å². The summed E-state index contributed by atoms with van der Waals surface area (Å²) in [7, 11) is 0. The van der Waals surface area contributed by atoms with Gasteiger partial charge in [-0.25, -0.2) is 0 Å². The summed E-state index contributed by atoms with van der Waals surface area (Å²) in [5.41, 5.74) is 7.68. The highest BCUT2D eigenvalue weighted by atomic mass is 32.2. The van der Waals surface area contributed by atoms with Gasteiger partial charge in [0.25, 0.3) is 5.91 Å². The van der Waals surface area contributed by atoms with E-state index in [4.69, 9.17) is 9.47 Å². The lowest BCUT2D eigenvalue weighted by Gasteiger charge is -2.38. The maximum Gasteiger partial charge on any atom is 0.253 e. The summed E-state index contributed by atoms with van der Waals surface area (Å²) >= 11 is 1.80. The van der Waals surface area contributed by atoms with Gasteiger partial charge < -0.3 is 14.4 Å². The van der Waals surface area contributed by atoms with Gasteiger partial charge in [-0.3, -0.25) is 9.69 Å². The quantitative estimate of drug-likeness (QED) is 0.274. The molecule has 2 saturated heterocycles. The van der Waals surface area contributed by atoms with Gasteiger partial charge >= 0.3 is 0 Å². The number of hydrogen-bond acceptors (Lipinski definition) is 5. The van der Waals surface area contributed by atoms with E-state index in [-0.39, 0.29) is 5.91 Å². The molecule has 0 aliphatic carbocycles. The lowest BCUT2D eigenvalue weighted by atomic mass is 9.85. The van der Waals surface area contributed by atoms with E-state index in [9.17, 15) is 4.79 Å². The van der Waals surface area contributed by atoms with Crippen molar-refractivity contribution in [2.45, 2.75) is 68.0 Å². The van der Waals surface area contributed by atoms with Gasteiger partial charge in [-0.1, -0.05) is 47.7 Å². The topological polar surface area (TPSA) is 42.0 Å². The Hall–Kier alpha value is -3.22. The Morgan fingerprint density at radius 2 is 1.64 bits per heavy atom. The number of rotatable bonds is 5. The van der Waals surface area contributed by atoms with Gasteiger partial charge in [0, 0.05) is 47.1 Å². The maximum atomic E-state index is 13.1. The zero-order chi connectivity index (χ0) is 26.5. The summed E-state index contributed by atoms with van der Waals surface area (Å²) in [4.78, 5) is 20.3. The minimum Gasteiger partial charge on any atom is -0.454 e. The van der Waals surface area contributed by atoms with Crippen molar-refractivity contribution in [2.75, 3.05) is 19.9 Å². The van der Waals surface area contributed by atoms with E-state index in [1.807, 2.05) is 30.9 Å². The molecule has 0 radical (unpaired) electrons. The molecule has 200 valence electrons. The largest absolute Gasteiger partial charge is 0.454 e. The number of amides is 1. The Morgan fingerprint density at radius 1 is 0.897 bits per heavy atom. The van der Waals surface area contributed by atoms with Gasteiger partial charge in [0.05, 0.1) is 0 Å². The van der Waals surface area contributed by atoms with E-state index in [1.54, 1.807) is 17.3 Å². The molecule has 0 N–H and O–H groups in total. The van der Waals surface area contributed by atoms with Crippen LogP contribution in [-0.2, 0) is 6.54 Å². The van der Waals surface area contributed by atoms with Crippen molar-refractivity contribution < 1.29 is 14.3 Å². The van der Waals surface area contributed by atoms with Crippen LogP contribution >= 0.6 is 11.8 Å². The molecule has 4 heterocycles. The Bertz CT molecular complexity index is 1460. The number of ether oxygens (including phenoxy) is 2. The summed E-state index contributed by atoms with van der Waals surface area (Å²) in [6, 6.07) is 22.6. The Morgan fingerprint density at radius 3 is 2.44 bits per heavy atom. The van der Waals surface area contributed by atoms with Crippen LogP contribution in [-0.4, -0.2) is 47.7 Å². The number of hydrogen-bond donors (Lipinski definition) is 0. The number of benzene rings is 3. The van der Waals surface area contributed by atoms with Crippen LogP contribution in [0.3, 0.4) is 0 Å². The number of carbonyl (C=O) groups is 1. The maximum absolute atomic E-state index is 13.1. The smallest absolute Gasteiger partial charge is 0.253 e. The molecule has 0 spiro atoms. The summed E-state index contributed by atoms with van der Waals surface area (Å²) < 4.78 is 11.2. The van der Waals surface area contributed by atoms with Crippen LogP contribution in [0, 0.1) is 0 Å². The van der Waals surface area contributed by atoms with E-state index in [1.165, 1.54) is 44.9 Å². The molecule has 2 fully saturated rings. The van der Waals surface area contributed by atoms with E-state index < -0.39 is 0 Å². The van der Waals surface area contributed by atoms with Gasteiger partial charge in [-0.05, 0) is 92.1 Å². The monoisotopic (exact) mass is 538 g/mol. The van der Waals surface area contributed by atoms with Crippen molar-refractivity contribution in [3.8, 4) is 11.5 Å². The molecule has 6 heteroatoms. The second-order valence-electron chi connectivity index (χ2n) is 10.9. The lowest BCUT2D eigenvalue weighted by Crippen LogP contribution is -2.40. The number of piperidine rings is 1. The van der Waals surface area contributed by atoms with Crippen LogP contribution in [0.2, 0.25) is 0 Å². The molecule has 1 amide bonds. The molecule has 7 rings (SSSR count). The van der Waals surface area contributed by atoms with Crippen molar-refractivity contribution in [1.29, 1.82) is 0 Å². The minimum atomic E-state index is 0.117. The Labute approximate surface area is 234 Å². The van der Waals surface area contributed by atoms with Gasteiger partial charge in [-0.2, -0.15) is 0 Å². The lowest BCUT2D eigenvalue weighted by molar-refractivity contribution is 0.0772. The fourth-order valence-corrected chi connectivity index (χ4v) is 7.99. The van der Waals surface area contributed by atoms with Crippen molar-refractivity contribution in [3.05, 3.63) is 88.5 Å². The SMILES string of the molecule is CCN(CC)C(=O)c1ccc2c(c1)Sc1ccccc1C2=C1CC2CCC(C1)N2Cc1ccc2c(c1)OCO2. The summed E-state index contributed by atoms with van der Waals surface area (Å²) in [5, 5.41) is 0. The summed E-state index contributed by atoms with van der Waals surface area (Å²) in [5.74, 6) is 1.83. The standard InChI is InChI=1S/C33H34N2O3S/c1-3-34(4-2)33(36)22-10-13-27-31(18-22)39-30-8-6-5-7-26(30)32(27)23-16-24-11-12-25(17-23)35(24)19-21-9-14-28-29(15-21)38-20-37-28/h5-10,13-15,18,24-25H,3-4,11-12,16-17,19-20H2,1-2H3. The van der Waals surface area contributed by atoms with Crippen LogP contribution < -0.4 is 9.47 Å². The molecule has 4 aliphatic heterocycles. The molecule has 0 saturated carbocycles. The Balaban J connectivity index is 1.22. The fraction of sp³-hybridized carbons (Fsp3) is 0.364. The Kier molecular flexibility index (Phi) is 6.40. The average molecular weight is 539 g/mol. The molecule has 39 heavy (non-hydrogen) atoms. The van der Waals surface area contributed by atoms with Crippen LogP contribution in [0.5, 0.6) is 11.5 Å². The molecule has 2 unspecified atom stereocenters. The molecule has 2 bridgehead atoms. The normalized spacial score (nSPS) is 21.1. The van der Waals surface area contributed by atoms with Crippen LogP contribution in [0.25, 0.3) is 5.57 Å². The van der Waals surface area contributed by atoms with Gasteiger partial charge in [0.1, 0.15) is 0 Å². The molecular weight excluding hydrogens is 504 g/mol. The minimum absolute atomic E-state index is 0.117. The summed E-state index contributed by atoms with van der Waals surface area (Å²) in [6.45, 7) is 6.80. The highest BCUT2D eigenvalue weighted by Crippen LogP contribution is 2.51. The molecule has 3 aromatic rings. The predicted molar refractivity (Wildman–Crippen MR) is 154 cm³/mol. The number of nitrogens with zero attached hydrogens (tertiary/aromatic N) is 2. The number of fused-ring (bicyclic) bond motifs is 5. The first kappa shape index (κ1) is 24.8. The summed E-state index contributed by atoms with van der Waals surface area (Å²) in [6.07, 6.45) is 4.67. The molecule has 0 aromatic heterocycles. The van der Waals surface area contributed by atoms with Crippen molar-refractivity contribution >= 4 is 23.2 Å². The van der Waals surface area contributed by atoms with Crippen LogP contribution in [0.1, 0.15) is 66.6 Å². The van der Waals surface area contributed by atoms with Crippen LogP contribution in [0.4, 0.5) is 0 Å². The first-order valence-corrected chi connectivity index (χ1v) is 15.0. The molecular formula is C33H34N2O3S. The second-order valence-corrected chi connectivity index (χ2v) is 12.0. The molecule has 3 aromatic carbocycles. The van der Waals surface area contributed by atoms with Crippen molar-refractivity contribution in [2.24, 2.45) is 0 Å². The van der Waals surface area contributed by atoms with Gasteiger partial charge in [0.15, 0.2) is 11.5 Å². The van der Waals surface area contributed by atoms with Gasteiger partial charge in [-0.15, -0.1) is 0 Å². The first-order chi connectivity index (χ1) is 19.1. The van der Waals surface area contributed by atoms with Gasteiger partial charge in [0.2, 0.25) is 6.79 Å². The third-order valence-corrected chi connectivity index (χ3v) is 9.95. The molecule has 2 atom stereocenters. The zero-order valence-electron chi connectivity index (χ0n) is 22.6. The number of carbonyl (C=O) groups excluding carboxylic acids is 1. The average Bonchev–Trinajstić information content (AvgIpc) is 3.51. The van der Waals surface area contributed by atoms with E-state index in [0.29, 0.717) is 18.9 Å². The molecule has 5 nitrogen and oxygen atoms in total. The van der Waals surface area contributed by atoms with Crippen LogP contribution in [0.15, 0.2) is 76.0 Å².